The summed E-state index contributed by atoms with van der Waals surface area (Å²) in [4.78, 5) is 15.4. The van der Waals surface area contributed by atoms with Gasteiger partial charge in [-0.1, -0.05) is 30.3 Å². The van der Waals surface area contributed by atoms with E-state index in [0.717, 1.165) is 24.8 Å². The zero-order valence-corrected chi connectivity index (χ0v) is 13.7. The number of rotatable bonds is 8. The molecular formula is C17H22N6O. The van der Waals surface area contributed by atoms with Crippen LogP contribution >= 0.6 is 0 Å². The Morgan fingerprint density at radius 1 is 1.33 bits per heavy atom. The first-order valence-corrected chi connectivity index (χ1v) is 8.33. The molecule has 2 heterocycles. The molecule has 2 aromatic heterocycles. The fraction of sp³-hybridized carbons (Fsp3) is 0.412. The van der Waals surface area contributed by atoms with E-state index >= 15 is 0 Å². The summed E-state index contributed by atoms with van der Waals surface area (Å²) in [6.45, 7) is 2.04. The molecule has 1 aromatic carbocycles. The third kappa shape index (κ3) is 3.98. The molecule has 126 valence electrons. The standard InChI is InChI=1S/C17H22N6O/c1-2-13(10-16-20-22-23-21-16)19-17(24)9-5-6-12-11-18-15-8-4-3-7-14(12)15/h3-4,7-8,11,13,18H,2,5-6,9-10H2,1H3,(H,19,24)(H,20,21,22,23). The molecule has 7 nitrogen and oxygen atoms in total. The summed E-state index contributed by atoms with van der Waals surface area (Å²) in [5.41, 5.74) is 2.40. The summed E-state index contributed by atoms with van der Waals surface area (Å²) in [6, 6.07) is 8.28. The second kappa shape index (κ2) is 7.72. The fourth-order valence-electron chi connectivity index (χ4n) is 2.86. The maximum absolute atomic E-state index is 12.1. The van der Waals surface area contributed by atoms with Gasteiger partial charge in [-0.15, -0.1) is 10.2 Å². The Kier molecular flexibility index (Phi) is 5.20. The first-order valence-electron chi connectivity index (χ1n) is 8.33. The largest absolute Gasteiger partial charge is 0.361 e. The number of hydrogen-bond donors (Lipinski definition) is 3. The van der Waals surface area contributed by atoms with Gasteiger partial charge >= 0.3 is 0 Å². The quantitative estimate of drug-likeness (QED) is 0.590. The van der Waals surface area contributed by atoms with Crippen LogP contribution in [0.2, 0.25) is 0 Å². The van der Waals surface area contributed by atoms with E-state index < -0.39 is 0 Å². The molecule has 3 rings (SSSR count). The van der Waals surface area contributed by atoms with Crippen molar-refractivity contribution in [3.63, 3.8) is 0 Å². The van der Waals surface area contributed by atoms with Crippen LogP contribution in [0, 0.1) is 0 Å². The average molecular weight is 326 g/mol. The molecule has 1 amide bonds. The Bertz CT molecular complexity index is 779. The monoisotopic (exact) mass is 326 g/mol. The number of tetrazole rings is 1. The molecule has 0 bridgehead atoms. The van der Waals surface area contributed by atoms with Crippen molar-refractivity contribution in [3.05, 3.63) is 41.9 Å². The number of H-pyrrole nitrogens is 2. The molecule has 0 aliphatic heterocycles. The van der Waals surface area contributed by atoms with E-state index in [0.29, 0.717) is 18.7 Å². The lowest BCUT2D eigenvalue weighted by Gasteiger charge is -2.15. The minimum absolute atomic E-state index is 0.0446. The highest BCUT2D eigenvalue weighted by Gasteiger charge is 2.13. The van der Waals surface area contributed by atoms with E-state index in [1.165, 1.54) is 10.9 Å². The lowest BCUT2D eigenvalue weighted by atomic mass is 10.1. The number of amides is 1. The van der Waals surface area contributed by atoms with E-state index in [1.54, 1.807) is 0 Å². The molecule has 1 atom stereocenters. The van der Waals surface area contributed by atoms with Gasteiger partial charge < -0.3 is 10.3 Å². The van der Waals surface area contributed by atoms with E-state index in [4.69, 9.17) is 0 Å². The first-order chi connectivity index (χ1) is 11.8. The van der Waals surface area contributed by atoms with Gasteiger partial charge in [-0.3, -0.25) is 4.79 Å². The van der Waals surface area contributed by atoms with E-state index in [2.05, 4.69) is 43.1 Å². The average Bonchev–Trinajstić information content (AvgIpc) is 3.24. The van der Waals surface area contributed by atoms with E-state index in [9.17, 15) is 4.79 Å². The van der Waals surface area contributed by atoms with E-state index in [-0.39, 0.29) is 11.9 Å². The smallest absolute Gasteiger partial charge is 0.220 e. The van der Waals surface area contributed by atoms with Crippen LogP contribution in [0.15, 0.2) is 30.5 Å². The summed E-state index contributed by atoms with van der Waals surface area (Å²) in [6.07, 6.45) is 5.70. The van der Waals surface area contributed by atoms with Crippen molar-refractivity contribution in [3.8, 4) is 0 Å². The second-order valence-electron chi connectivity index (χ2n) is 5.92. The Hall–Kier alpha value is -2.70. The first kappa shape index (κ1) is 16.2. The van der Waals surface area contributed by atoms with Crippen molar-refractivity contribution in [2.45, 2.75) is 45.1 Å². The van der Waals surface area contributed by atoms with Crippen LogP contribution in [0.1, 0.15) is 37.6 Å². The van der Waals surface area contributed by atoms with Crippen LogP contribution < -0.4 is 5.32 Å². The molecule has 24 heavy (non-hydrogen) atoms. The van der Waals surface area contributed by atoms with Gasteiger partial charge in [-0.05, 0) is 30.9 Å². The molecular weight excluding hydrogens is 304 g/mol. The Balaban J connectivity index is 1.46. The summed E-state index contributed by atoms with van der Waals surface area (Å²) in [5, 5.41) is 18.1. The van der Waals surface area contributed by atoms with Gasteiger partial charge in [0.2, 0.25) is 5.91 Å². The van der Waals surface area contributed by atoms with Gasteiger partial charge in [0.15, 0.2) is 5.82 Å². The third-order valence-corrected chi connectivity index (χ3v) is 4.20. The van der Waals surface area contributed by atoms with Crippen molar-refractivity contribution in [2.24, 2.45) is 0 Å². The number of aryl methyl sites for hydroxylation is 1. The lowest BCUT2D eigenvalue weighted by Crippen LogP contribution is -2.36. The maximum Gasteiger partial charge on any atom is 0.220 e. The number of fused-ring (bicyclic) bond motifs is 1. The molecule has 3 aromatic rings. The van der Waals surface area contributed by atoms with Crippen molar-refractivity contribution < 1.29 is 4.79 Å². The third-order valence-electron chi connectivity index (χ3n) is 4.20. The van der Waals surface area contributed by atoms with Crippen molar-refractivity contribution in [1.29, 1.82) is 0 Å². The van der Waals surface area contributed by atoms with Crippen LogP contribution in [0.5, 0.6) is 0 Å². The highest BCUT2D eigenvalue weighted by atomic mass is 16.1. The zero-order chi connectivity index (χ0) is 16.8. The normalized spacial score (nSPS) is 12.4. The number of hydrogen-bond acceptors (Lipinski definition) is 4. The molecule has 0 saturated carbocycles. The Morgan fingerprint density at radius 3 is 3.00 bits per heavy atom. The number of para-hydroxylation sites is 1. The fourth-order valence-corrected chi connectivity index (χ4v) is 2.86. The molecule has 3 N–H and O–H groups in total. The van der Waals surface area contributed by atoms with E-state index in [1.807, 2.05) is 25.3 Å². The van der Waals surface area contributed by atoms with Crippen LogP contribution in [0.3, 0.4) is 0 Å². The lowest BCUT2D eigenvalue weighted by molar-refractivity contribution is -0.121. The molecule has 1 unspecified atom stereocenters. The summed E-state index contributed by atoms with van der Waals surface area (Å²) < 4.78 is 0. The Labute approximate surface area is 140 Å². The number of aromatic nitrogens is 5. The number of aromatic amines is 2. The molecule has 0 aliphatic carbocycles. The number of benzene rings is 1. The molecule has 0 aliphatic rings. The van der Waals surface area contributed by atoms with Crippen LogP contribution in [-0.4, -0.2) is 37.6 Å². The minimum Gasteiger partial charge on any atom is -0.361 e. The number of nitrogens with zero attached hydrogens (tertiary/aromatic N) is 3. The molecule has 7 heteroatoms. The van der Waals surface area contributed by atoms with Gasteiger partial charge in [0.1, 0.15) is 0 Å². The SMILES string of the molecule is CCC(Cc1nn[nH]n1)NC(=O)CCCc1c[nH]c2ccccc12. The predicted molar refractivity (Wildman–Crippen MR) is 91.3 cm³/mol. The van der Waals surface area contributed by atoms with Gasteiger partial charge in [0.05, 0.1) is 0 Å². The second-order valence-corrected chi connectivity index (χ2v) is 5.92. The zero-order valence-electron chi connectivity index (χ0n) is 13.7. The van der Waals surface area contributed by atoms with Crippen LogP contribution in [0.4, 0.5) is 0 Å². The van der Waals surface area contributed by atoms with Crippen LogP contribution in [-0.2, 0) is 17.6 Å². The van der Waals surface area contributed by atoms with Crippen molar-refractivity contribution in [2.75, 3.05) is 0 Å². The van der Waals surface area contributed by atoms with Gasteiger partial charge in [0.25, 0.3) is 0 Å². The topological polar surface area (TPSA) is 99.3 Å². The number of carbonyl (C=O) groups excluding carboxylic acids is 1. The number of carbonyl (C=O) groups is 1. The van der Waals surface area contributed by atoms with Crippen LogP contribution in [0.25, 0.3) is 10.9 Å². The minimum atomic E-state index is 0.0446. The Morgan fingerprint density at radius 2 is 2.21 bits per heavy atom. The molecule has 0 spiro atoms. The van der Waals surface area contributed by atoms with Gasteiger partial charge in [-0.2, -0.15) is 5.21 Å². The summed E-state index contributed by atoms with van der Waals surface area (Å²) in [7, 11) is 0. The van der Waals surface area contributed by atoms with Crippen molar-refractivity contribution in [1.82, 2.24) is 30.9 Å². The summed E-state index contributed by atoms with van der Waals surface area (Å²) in [5.74, 6) is 0.700. The van der Waals surface area contributed by atoms with Crippen molar-refractivity contribution >= 4 is 16.8 Å². The molecule has 0 fully saturated rings. The predicted octanol–water partition coefficient (Wildman–Crippen LogP) is 2.14. The van der Waals surface area contributed by atoms with Gasteiger partial charge in [-0.25, -0.2) is 0 Å². The maximum atomic E-state index is 12.1. The highest BCUT2D eigenvalue weighted by molar-refractivity contribution is 5.83. The molecule has 0 saturated heterocycles. The highest BCUT2D eigenvalue weighted by Crippen LogP contribution is 2.19. The molecule has 0 radical (unpaired) electrons. The number of nitrogens with one attached hydrogen (secondary N) is 3. The summed E-state index contributed by atoms with van der Waals surface area (Å²) >= 11 is 0. The van der Waals surface area contributed by atoms with Gasteiger partial charge in [0, 0.05) is 36.0 Å².